The quantitative estimate of drug-likeness (QED) is 0.611. The Morgan fingerprint density at radius 2 is 2.17 bits per heavy atom. The number of likely N-dealkylation sites (tertiary alicyclic amines) is 1. The number of guanidine groups is 1. The molecule has 0 spiro atoms. The van der Waals surface area contributed by atoms with Crippen LogP contribution in [0, 0.1) is 17.3 Å². The number of aliphatic imine (C=N–C) groups is 1. The lowest BCUT2D eigenvalue weighted by atomic mass is 9.57. The zero-order valence-electron chi connectivity index (χ0n) is 15.3. The van der Waals surface area contributed by atoms with Gasteiger partial charge in [0.1, 0.15) is 0 Å². The maximum atomic E-state index is 5.90. The monoisotopic (exact) mass is 322 g/mol. The molecule has 4 unspecified atom stereocenters. The molecule has 5 nitrogen and oxygen atoms in total. The Bertz CT molecular complexity index is 437. The first-order valence-electron chi connectivity index (χ1n) is 9.37. The summed E-state index contributed by atoms with van der Waals surface area (Å²) in [5.41, 5.74) is 0.197. The van der Waals surface area contributed by atoms with Crippen molar-refractivity contribution < 1.29 is 4.74 Å². The SMILES string of the molecule is CCNC(=NCC1CCCN(C)C1)NC1C2CCOC2C1(C)C. The van der Waals surface area contributed by atoms with Gasteiger partial charge >= 0.3 is 0 Å². The summed E-state index contributed by atoms with van der Waals surface area (Å²) < 4.78 is 5.90. The number of hydrogen-bond acceptors (Lipinski definition) is 3. The molecule has 1 aliphatic carbocycles. The number of ether oxygens (including phenoxy) is 1. The predicted molar refractivity (Wildman–Crippen MR) is 94.8 cm³/mol. The lowest BCUT2D eigenvalue weighted by molar-refractivity contribution is -0.106. The molecule has 5 heteroatoms. The average molecular weight is 322 g/mol. The Kier molecular flexibility index (Phi) is 5.16. The van der Waals surface area contributed by atoms with Gasteiger partial charge in [0.15, 0.2) is 5.96 Å². The van der Waals surface area contributed by atoms with Gasteiger partial charge in [-0.1, -0.05) is 13.8 Å². The minimum Gasteiger partial charge on any atom is -0.377 e. The van der Waals surface area contributed by atoms with Gasteiger partial charge in [-0.2, -0.15) is 0 Å². The molecule has 1 saturated carbocycles. The summed E-state index contributed by atoms with van der Waals surface area (Å²) in [6, 6.07) is 0.474. The molecule has 3 rings (SSSR count). The van der Waals surface area contributed by atoms with Crippen molar-refractivity contribution in [3.63, 3.8) is 0 Å². The molecule has 2 heterocycles. The Morgan fingerprint density at radius 1 is 1.35 bits per heavy atom. The van der Waals surface area contributed by atoms with E-state index in [1.54, 1.807) is 0 Å². The standard InChI is InChI=1S/C18H34N4O/c1-5-19-17(20-11-13-7-6-9-22(4)12-13)21-15-14-8-10-23-16(14)18(15,2)3/h13-16H,5-12H2,1-4H3,(H2,19,20,21). The molecular weight excluding hydrogens is 288 g/mol. The molecule has 0 aromatic heterocycles. The van der Waals surface area contributed by atoms with Gasteiger partial charge in [-0.15, -0.1) is 0 Å². The summed E-state index contributed by atoms with van der Waals surface area (Å²) in [6.07, 6.45) is 4.21. The number of nitrogens with one attached hydrogen (secondary N) is 2. The van der Waals surface area contributed by atoms with Crippen LogP contribution in [0.2, 0.25) is 0 Å². The van der Waals surface area contributed by atoms with Crippen molar-refractivity contribution in [2.24, 2.45) is 22.2 Å². The first kappa shape index (κ1) is 17.0. The smallest absolute Gasteiger partial charge is 0.191 e. The van der Waals surface area contributed by atoms with Crippen LogP contribution in [0.3, 0.4) is 0 Å². The van der Waals surface area contributed by atoms with Crippen LogP contribution in [0.25, 0.3) is 0 Å². The van der Waals surface area contributed by atoms with Gasteiger partial charge in [0.05, 0.1) is 6.10 Å². The summed E-state index contributed by atoms with van der Waals surface area (Å²) >= 11 is 0. The van der Waals surface area contributed by atoms with Gasteiger partial charge in [-0.3, -0.25) is 4.99 Å². The zero-order chi connectivity index (χ0) is 16.4. The highest BCUT2D eigenvalue weighted by molar-refractivity contribution is 5.80. The second-order valence-corrected chi connectivity index (χ2v) is 8.18. The highest BCUT2D eigenvalue weighted by atomic mass is 16.5. The number of rotatable bonds is 4. The van der Waals surface area contributed by atoms with E-state index in [0.29, 0.717) is 24.0 Å². The van der Waals surface area contributed by atoms with Crippen molar-refractivity contribution in [1.82, 2.24) is 15.5 Å². The van der Waals surface area contributed by atoms with Gasteiger partial charge < -0.3 is 20.3 Å². The average Bonchev–Trinajstić information content (AvgIpc) is 2.97. The molecule has 23 heavy (non-hydrogen) atoms. The van der Waals surface area contributed by atoms with Crippen molar-refractivity contribution >= 4 is 5.96 Å². The summed E-state index contributed by atoms with van der Waals surface area (Å²) in [5, 5.41) is 7.15. The minimum absolute atomic E-state index is 0.197. The van der Waals surface area contributed by atoms with Crippen LogP contribution >= 0.6 is 0 Å². The number of piperidine rings is 1. The fourth-order valence-corrected chi connectivity index (χ4v) is 4.73. The number of nitrogens with zero attached hydrogens (tertiary/aromatic N) is 2. The third-order valence-electron chi connectivity index (χ3n) is 5.97. The van der Waals surface area contributed by atoms with E-state index >= 15 is 0 Å². The van der Waals surface area contributed by atoms with E-state index in [1.807, 2.05) is 0 Å². The van der Waals surface area contributed by atoms with Crippen LogP contribution < -0.4 is 10.6 Å². The lowest BCUT2D eigenvalue weighted by Gasteiger charge is -2.55. The lowest BCUT2D eigenvalue weighted by Crippen LogP contribution is -2.68. The summed E-state index contributed by atoms with van der Waals surface area (Å²) in [4.78, 5) is 7.33. The zero-order valence-corrected chi connectivity index (χ0v) is 15.3. The van der Waals surface area contributed by atoms with E-state index in [4.69, 9.17) is 9.73 Å². The molecule has 2 saturated heterocycles. The summed E-state index contributed by atoms with van der Waals surface area (Å²) in [6.45, 7) is 11.9. The van der Waals surface area contributed by atoms with Crippen molar-refractivity contribution in [3.05, 3.63) is 0 Å². The maximum Gasteiger partial charge on any atom is 0.191 e. The summed E-state index contributed by atoms with van der Waals surface area (Å²) in [7, 11) is 2.22. The molecule has 0 bridgehead atoms. The second kappa shape index (κ2) is 6.98. The molecule has 2 N–H and O–H groups in total. The Morgan fingerprint density at radius 3 is 2.91 bits per heavy atom. The highest BCUT2D eigenvalue weighted by Gasteiger charge is 2.59. The molecule has 3 fully saturated rings. The Hall–Kier alpha value is -0.810. The van der Waals surface area contributed by atoms with Gasteiger partial charge in [-0.05, 0) is 45.7 Å². The van der Waals surface area contributed by atoms with E-state index in [2.05, 4.69) is 43.4 Å². The van der Waals surface area contributed by atoms with E-state index in [-0.39, 0.29) is 5.41 Å². The molecule has 3 aliphatic rings. The molecule has 0 aromatic rings. The van der Waals surface area contributed by atoms with Gasteiger partial charge in [-0.25, -0.2) is 0 Å². The van der Waals surface area contributed by atoms with Crippen molar-refractivity contribution in [2.75, 3.05) is 39.8 Å². The van der Waals surface area contributed by atoms with Crippen LogP contribution in [0.1, 0.15) is 40.0 Å². The van der Waals surface area contributed by atoms with Crippen molar-refractivity contribution in [1.29, 1.82) is 0 Å². The van der Waals surface area contributed by atoms with Crippen molar-refractivity contribution in [2.45, 2.75) is 52.2 Å². The topological polar surface area (TPSA) is 48.9 Å². The van der Waals surface area contributed by atoms with Crippen LogP contribution in [-0.2, 0) is 4.74 Å². The molecule has 4 atom stereocenters. The normalized spacial score (nSPS) is 37.1. The molecule has 0 amide bonds. The van der Waals surface area contributed by atoms with E-state index in [1.165, 1.54) is 32.4 Å². The molecular formula is C18H34N4O. The molecule has 0 aromatic carbocycles. The number of fused-ring (bicyclic) bond motifs is 1. The van der Waals surface area contributed by atoms with Crippen LogP contribution in [0.4, 0.5) is 0 Å². The molecule has 132 valence electrons. The van der Waals surface area contributed by atoms with Gasteiger partial charge in [0, 0.05) is 43.6 Å². The second-order valence-electron chi connectivity index (χ2n) is 8.18. The highest BCUT2D eigenvalue weighted by Crippen LogP contribution is 2.52. The van der Waals surface area contributed by atoms with Crippen molar-refractivity contribution in [3.8, 4) is 0 Å². The minimum atomic E-state index is 0.197. The maximum absolute atomic E-state index is 5.90. The first-order valence-corrected chi connectivity index (χ1v) is 9.37. The first-order chi connectivity index (χ1) is 11.0. The van der Waals surface area contributed by atoms with Crippen LogP contribution in [0.5, 0.6) is 0 Å². The van der Waals surface area contributed by atoms with Crippen LogP contribution in [0.15, 0.2) is 4.99 Å². The fourth-order valence-electron chi connectivity index (χ4n) is 4.73. The van der Waals surface area contributed by atoms with E-state index < -0.39 is 0 Å². The summed E-state index contributed by atoms with van der Waals surface area (Å²) in [5.74, 6) is 2.33. The Labute approximate surface area is 141 Å². The predicted octanol–water partition coefficient (Wildman–Crippen LogP) is 1.70. The number of hydrogen-bond donors (Lipinski definition) is 2. The third-order valence-corrected chi connectivity index (χ3v) is 5.97. The van der Waals surface area contributed by atoms with Crippen LogP contribution in [-0.4, -0.2) is 62.8 Å². The van der Waals surface area contributed by atoms with Gasteiger partial charge in [0.25, 0.3) is 0 Å². The fraction of sp³-hybridized carbons (Fsp3) is 0.944. The molecule has 0 radical (unpaired) electrons. The van der Waals surface area contributed by atoms with Gasteiger partial charge in [0.2, 0.25) is 0 Å². The third kappa shape index (κ3) is 3.50. The largest absolute Gasteiger partial charge is 0.377 e. The molecule has 2 aliphatic heterocycles. The Balaban J connectivity index is 1.59. The van der Waals surface area contributed by atoms with E-state index in [0.717, 1.165) is 25.7 Å². The van der Waals surface area contributed by atoms with E-state index in [9.17, 15) is 0 Å².